The van der Waals surface area contributed by atoms with Crippen LogP contribution in [0.2, 0.25) is 5.02 Å². The Balaban J connectivity index is 1.62. The van der Waals surface area contributed by atoms with Gasteiger partial charge in [0.25, 0.3) is 5.69 Å². The number of non-ortho nitro benzene ring substituents is 1. The molecule has 2 aromatic carbocycles. The van der Waals surface area contributed by atoms with Crippen molar-refractivity contribution in [1.82, 2.24) is 10.3 Å². The van der Waals surface area contributed by atoms with E-state index < -0.39 is 17.0 Å². The lowest BCUT2D eigenvalue weighted by Crippen LogP contribution is -2.29. The van der Waals surface area contributed by atoms with Crippen molar-refractivity contribution in [2.75, 3.05) is 12.0 Å². The van der Waals surface area contributed by atoms with E-state index in [1.54, 1.807) is 41.4 Å². The molecule has 0 spiro atoms. The van der Waals surface area contributed by atoms with Crippen molar-refractivity contribution in [2.45, 2.75) is 12.1 Å². The van der Waals surface area contributed by atoms with Crippen LogP contribution in [0.3, 0.4) is 0 Å². The van der Waals surface area contributed by atoms with Crippen LogP contribution in [0.15, 0.2) is 77.3 Å². The lowest BCUT2D eigenvalue weighted by Gasteiger charge is -2.26. The Morgan fingerprint density at radius 2 is 2.03 bits per heavy atom. The van der Waals surface area contributed by atoms with Crippen molar-refractivity contribution in [3.8, 4) is 22.8 Å². The Labute approximate surface area is 216 Å². The van der Waals surface area contributed by atoms with Gasteiger partial charge in [-0.15, -0.1) is 0 Å². The van der Waals surface area contributed by atoms with Gasteiger partial charge in [-0.2, -0.15) is 0 Å². The van der Waals surface area contributed by atoms with Gasteiger partial charge in [0.1, 0.15) is 29.1 Å². The maximum Gasteiger partial charge on any atom is 0.273 e. The second-order valence-corrected chi connectivity index (χ2v) is 8.80. The third-order valence-electron chi connectivity index (χ3n) is 5.87. The van der Waals surface area contributed by atoms with E-state index in [0.717, 1.165) is 5.69 Å². The molecule has 4 aromatic rings. The third kappa shape index (κ3) is 4.21. The van der Waals surface area contributed by atoms with Crippen LogP contribution in [-0.4, -0.2) is 27.2 Å². The first-order chi connectivity index (χ1) is 17.4. The quantitative estimate of drug-likeness (QED) is 0.184. The van der Waals surface area contributed by atoms with Crippen LogP contribution in [-0.2, 0) is 0 Å². The Morgan fingerprint density at radius 3 is 2.75 bits per heavy atom. The van der Waals surface area contributed by atoms with Gasteiger partial charge in [0.2, 0.25) is 0 Å². The minimum Gasteiger partial charge on any atom is -0.506 e. The number of methoxy groups -OCH3 is 1. The third-order valence-corrected chi connectivity index (χ3v) is 6.42. The standard InChI is InChI=1S/C25H19ClN4O5S/c1-34-22-13-15(30(32)33)6-7-16(22)20-9-10-21(35-20)24-23(17-4-2-3-11-27-17)28-25(36)29(24)18-12-14(26)5-8-19(18)31/h2-13,23-24,31H,1H3,(H,28,36)/t23-,24-/m1/s1. The summed E-state index contributed by atoms with van der Waals surface area (Å²) >= 11 is 11.9. The molecular weight excluding hydrogens is 504 g/mol. The summed E-state index contributed by atoms with van der Waals surface area (Å²) in [6.45, 7) is 0. The number of benzene rings is 2. The Hall–Kier alpha value is -4.15. The first-order valence-corrected chi connectivity index (χ1v) is 11.6. The van der Waals surface area contributed by atoms with Crippen molar-refractivity contribution < 1.29 is 19.2 Å². The SMILES string of the molecule is COc1cc([N+](=O)[O-])ccc1-c1ccc([C@@H]2[C@@H](c3ccccn3)NC(=S)N2c2cc(Cl)ccc2O)o1. The molecule has 5 rings (SSSR count). The number of rotatable bonds is 6. The van der Waals surface area contributed by atoms with Crippen molar-refractivity contribution >= 4 is 40.3 Å². The molecule has 3 heterocycles. The first-order valence-electron chi connectivity index (χ1n) is 10.8. The first kappa shape index (κ1) is 23.6. The highest BCUT2D eigenvalue weighted by Gasteiger charge is 2.43. The van der Waals surface area contributed by atoms with Crippen molar-refractivity contribution in [1.29, 1.82) is 0 Å². The number of phenolic OH excluding ortho intramolecular Hbond substituents is 1. The molecule has 1 saturated heterocycles. The Kier molecular flexibility index (Phi) is 6.21. The molecule has 1 fully saturated rings. The van der Waals surface area contributed by atoms with Crippen molar-refractivity contribution in [3.05, 3.63) is 99.5 Å². The number of halogens is 1. The van der Waals surface area contributed by atoms with Crippen LogP contribution < -0.4 is 15.0 Å². The smallest absolute Gasteiger partial charge is 0.273 e. The Bertz CT molecular complexity index is 1460. The molecular formula is C25H19ClN4O5S. The van der Waals surface area contributed by atoms with Gasteiger partial charge in [-0.25, -0.2) is 0 Å². The molecule has 36 heavy (non-hydrogen) atoms. The number of pyridine rings is 1. The summed E-state index contributed by atoms with van der Waals surface area (Å²) in [5, 5.41) is 25.9. The topological polar surface area (TPSA) is 114 Å². The van der Waals surface area contributed by atoms with Gasteiger partial charge in [0.15, 0.2) is 5.11 Å². The summed E-state index contributed by atoms with van der Waals surface area (Å²) in [4.78, 5) is 16.9. The molecule has 2 N–H and O–H groups in total. The zero-order chi connectivity index (χ0) is 25.4. The van der Waals surface area contributed by atoms with E-state index >= 15 is 0 Å². The van der Waals surface area contributed by atoms with Gasteiger partial charge < -0.3 is 24.5 Å². The molecule has 0 bridgehead atoms. The number of hydrogen-bond donors (Lipinski definition) is 2. The fourth-order valence-corrected chi connectivity index (χ4v) is 4.75. The van der Waals surface area contributed by atoms with Gasteiger partial charge in [0, 0.05) is 17.3 Å². The average molecular weight is 523 g/mol. The van der Waals surface area contributed by atoms with E-state index in [1.807, 2.05) is 18.2 Å². The predicted octanol–water partition coefficient (Wildman–Crippen LogP) is 5.79. The number of nitro benzene ring substituents is 1. The van der Waals surface area contributed by atoms with Crippen LogP contribution in [0.1, 0.15) is 23.5 Å². The van der Waals surface area contributed by atoms with E-state index in [2.05, 4.69) is 10.3 Å². The van der Waals surface area contributed by atoms with E-state index in [9.17, 15) is 15.2 Å². The van der Waals surface area contributed by atoms with Crippen LogP contribution in [0.4, 0.5) is 11.4 Å². The number of nitrogens with zero attached hydrogens (tertiary/aromatic N) is 3. The molecule has 1 aliphatic heterocycles. The fourth-order valence-electron chi connectivity index (χ4n) is 4.25. The number of nitro groups is 1. The molecule has 0 aliphatic carbocycles. The van der Waals surface area contributed by atoms with E-state index in [0.29, 0.717) is 38.7 Å². The van der Waals surface area contributed by atoms with Crippen molar-refractivity contribution in [2.24, 2.45) is 0 Å². The minimum atomic E-state index is -0.533. The summed E-state index contributed by atoms with van der Waals surface area (Å²) in [6, 6.07) is 17.2. The van der Waals surface area contributed by atoms with Gasteiger partial charge in [-0.3, -0.25) is 15.1 Å². The number of aromatic nitrogens is 1. The summed E-state index contributed by atoms with van der Waals surface area (Å²) in [5.41, 5.74) is 1.59. The highest BCUT2D eigenvalue weighted by molar-refractivity contribution is 7.80. The van der Waals surface area contributed by atoms with Crippen molar-refractivity contribution in [3.63, 3.8) is 0 Å². The second-order valence-electron chi connectivity index (χ2n) is 7.97. The molecule has 2 aromatic heterocycles. The molecule has 1 aliphatic rings. The zero-order valence-corrected chi connectivity index (χ0v) is 20.4. The Morgan fingerprint density at radius 1 is 1.19 bits per heavy atom. The van der Waals surface area contributed by atoms with E-state index in [4.69, 9.17) is 33.0 Å². The maximum absolute atomic E-state index is 11.2. The number of aromatic hydroxyl groups is 1. The highest BCUT2D eigenvalue weighted by Crippen LogP contribution is 2.46. The summed E-state index contributed by atoms with van der Waals surface area (Å²) in [6.07, 6.45) is 1.69. The monoisotopic (exact) mass is 522 g/mol. The van der Waals surface area contributed by atoms with E-state index in [1.165, 1.54) is 25.3 Å². The number of hydrogen-bond acceptors (Lipinski definition) is 7. The molecule has 0 amide bonds. The second kappa shape index (κ2) is 9.48. The summed E-state index contributed by atoms with van der Waals surface area (Å²) < 4.78 is 11.7. The molecule has 0 saturated carbocycles. The molecule has 0 radical (unpaired) electrons. The lowest BCUT2D eigenvalue weighted by molar-refractivity contribution is -0.384. The number of ether oxygens (including phenoxy) is 1. The fraction of sp³-hybridized carbons (Fsp3) is 0.120. The van der Waals surface area contributed by atoms with Crippen LogP contribution in [0.25, 0.3) is 11.3 Å². The number of anilines is 1. The largest absolute Gasteiger partial charge is 0.506 e. The lowest BCUT2D eigenvalue weighted by atomic mass is 10.0. The zero-order valence-electron chi connectivity index (χ0n) is 18.8. The summed E-state index contributed by atoms with van der Waals surface area (Å²) in [5.74, 6) is 1.27. The van der Waals surface area contributed by atoms with Crippen LogP contribution in [0, 0.1) is 10.1 Å². The molecule has 182 valence electrons. The molecule has 2 atom stereocenters. The molecule has 11 heteroatoms. The number of nitrogens with one attached hydrogen (secondary N) is 1. The van der Waals surface area contributed by atoms with Crippen LogP contribution in [0.5, 0.6) is 11.5 Å². The molecule has 9 nitrogen and oxygen atoms in total. The average Bonchev–Trinajstić information content (AvgIpc) is 3.50. The van der Waals surface area contributed by atoms with E-state index in [-0.39, 0.29) is 11.4 Å². The number of thiocarbonyl (C=S) groups is 1. The molecule has 0 unspecified atom stereocenters. The normalized spacial score (nSPS) is 17.2. The number of furan rings is 1. The van der Waals surface area contributed by atoms with Gasteiger partial charge in [0.05, 0.1) is 41.1 Å². The van der Waals surface area contributed by atoms with Crippen LogP contribution >= 0.6 is 23.8 Å². The highest BCUT2D eigenvalue weighted by atomic mass is 35.5. The number of phenols is 1. The van der Waals surface area contributed by atoms with Gasteiger partial charge in [-0.05, 0) is 60.7 Å². The maximum atomic E-state index is 11.2. The predicted molar refractivity (Wildman–Crippen MR) is 138 cm³/mol. The van der Waals surface area contributed by atoms with Gasteiger partial charge in [-0.1, -0.05) is 17.7 Å². The summed E-state index contributed by atoms with van der Waals surface area (Å²) in [7, 11) is 1.44. The van der Waals surface area contributed by atoms with Gasteiger partial charge >= 0.3 is 0 Å². The minimum absolute atomic E-state index is 0.000890.